The maximum absolute atomic E-state index is 11.0. The van der Waals surface area contributed by atoms with Crippen LogP contribution in [0.15, 0.2) is 11.6 Å². The van der Waals surface area contributed by atoms with Gasteiger partial charge in [-0.25, -0.2) is 0 Å². The number of rotatable bonds is 4. The average Bonchev–Trinajstić information content (AvgIpc) is 2.92. The average molecular weight is 253 g/mol. The number of aromatic nitrogens is 2. The minimum atomic E-state index is -0.502. The van der Waals surface area contributed by atoms with Crippen molar-refractivity contribution in [3.8, 4) is 0 Å². The standard InChI is InChI=1S/C10H11N3O3S/c14-8(6-1-2-6)5-7-9(13(15)16)12-3-4-17-10(12)11-7/h3-4,6,8,14H,1-2,5H2. The number of thiazole rings is 1. The number of hydrogen-bond acceptors (Lipinski definition) is 5. The van der Waals surface area contributed by atoms with Crippen molar-refractivity contribution in [3.05, 3.63) is 27.4 Å². The van der Waals surface area contributed by atoms with Crippen LogP contribution < -0.4 is 0 Å². The fourth-order valence-electron chi connectivity index (χ4n) is 1.99. The Morgan fingerprint density at radius 3 is 3.12 bits per heavy atom. The summed E-state index contributed by atoms with van der Waals surface area (Å²) in [7, 11) is 0. The van der Waals surface area contributed by atoms with Crippen molar-refractivity contribution in [1.82, 2.24) is 9.38 Å². The Hall–Kier alpha value is -1.47. The molecule has 17 heavy (non-hydrogen) atoms. The van der Waals surface area contributed by atoms with E-state index >= 15 is 0 Å². The van der Waals surface area contributed by atoms with Crippen LogP contribution in [0, 0.1) is 16.0 Å². The molecule has 2 aromatic rings. The molecule has 1 aliphatic carbocycles. The van der Waals surface area contributed by atoms with Crippen LogP contribution in [0.1, 0.15) is 18.5 Å². The number of nitro groups is 1. The van der Waals surface area contributed by atoms with Crippen LogP contribution in [0.25, 0.3) is 4.96 Å². The monoisotopic (exact) mass is 253 g/mol. The Balaban J connectivity index is 1.98. The number of nitrogens with zero attached hydrogens (tertiary/aromatic N) is 3. The van der Waals surface area contributed by atoms with Crippen molar-refractivity contribution in [2.75, 3.05) is 0 Å². The molecule has 1 aliphatic rings. The molecule has 1 atom stereocenters. The molecular weight excluding hydrogens is 242 g/mol. The second-order valence-electron chi connectivity index (χ2n) is 4.30. The normalized spacial score (nSPS) is 17.5. The number of fused-ring (bicyclic) bond motifs is 1. The molecule has 1 saturated carbocycles. The molecule has 0 aliphatic heterocycles. The molecule has 0 bridgehead atoms. The smallest absolute Gasteiger partial charge is 0.351 e. The Labute approximate surface area is 101 Å². The highest BCUT2D eigenvalue weighted by Crippen LogP contribution is 2.35. The molecule has 0 saturated heterocycles. The molecule has 0 aromatic carbocycles. The minimum Gasteiger partial charge on any atom is -0.392 e. The molecular formula is C10H11N3O3S. The number of imidazole rings is 1. The topological polar surface area (TPSA) is 80.7 Å². The molecule has 1 fully saturated rings. The van der Waals surface area contributed by atoms with Gasteiger partial charge >= 0.3 is 5.82 Å². The quantitative estimate of drug-likeness (QED) is 0.663. The van der Waals surface area contributed by atoms with Crippen LogP contribution in [0.3, 0.4) is 0 Å². The highest BCUT2D eigenvalue weighted by molar-refractivity contribution is 7.15. The maximum Gasteiger partial charge on any atom is 0.351 e. The van der Waals surface area contributed by atoms with Crippen LogP contribution in [0.4, 0.5) is 5.82 Å². The Kier molecular flexibility index (Phi) is 2.37. The Morgan fingerprint density at radius 2 is 2.47 bits per heavy atom. The van der Waals surface area contributed by atoms with Gasteiger partial charge in [0.15, 0.2) is 0 Å². The molecule has 3 rings (SSSR count). The van der Waals surface area contributed by atoms with Crippen molar-refractivity contribution < 1.29 is 10.0 Å². The number of hydrogen-bond donors (Lipinski definition) is 1. The lowest BCUT2D eigenvalue weighted by atomic mass is 10.1. The summed E-state index contributed by atoms with van der Waals surface area (Å²) in [6.45, 7) is 0. The van der Waals surface area contributed by atoms with Gasteiger partial charge in [0.05, 0.1) is 6.10 Å². The van der Waals surface area contributed by atoms with Crippen LogP contribution in [-0.4, -0.2) is 25.5 Å². The van der Waals surface area contributed by atoms with Gasteiger partial charge in [-0.15, -0.1) is 0 Å². The van der Waals surface area contributed by atoms with Gasteiger partial charge < -0.3 is 15.2 Å². The predicted molar refractivity (Wildman–Crippen MR) is 62.2 cm³/mol. The summed E-state index contributed by atoms with van der Waals surface area (Å²) in [5, 5.41) is 22.6. The minimum absolute atomic E-state index is 0.0130. The summed E-state index contributed by atoms with van der Waals surface area (Å²) in [5.41, 5.74) is 0.390. The van der Waals surface area contributed by atoms with Gasteiger partial charge in [0.1, 0.15) is 11.9 Å². The summed E-state index contributed by atoms with van der Waals surface area (Å²) in [5.74, 6) is 0.287. The zero-order valence-corrected chi connectivity index (χ0v) is 9.76. The summed E-state index contributed by atoms with van der Waals surface area (Å²) in [6, 6.07) is 0. The molecule has 0 amide bonds. The highest BCUT2D eigenvalue weighted by atomic mass is 32.1. The van der Waals surface area contributed by atoms with E-state index in [9.17, 15) is 15.2 Å². The maximum atomic E-state index is 11.0. The first kappa shape index (κ1) is 10.7. The van der Waals surface area contributed by atoms with E-state index in [-0.39, 0.29) is 12.2 Å². The van der Waals surface area contributed by atoms with E-state index in [2.05, 4.69) is 4.98 Å². The molecule has 2 heterocycles. The van der Waals surface area contributed by atoms with Gasteiger partial charge in [0.2, 0.25) is 0 Å². The SMILES string of the molecule is O=[N+]([O-])c1c(CC(O)C2CC2)nc2sccn12. The molecule has 90 valence electrons. The number of aliphatic hydroxyl groups excluding tert-OH is 1. The van der Waals surface area contributed by atoms with Gasteiger partial charge in [-0.2, -0.15) is 9.38 Å². The van der Waals surface area contributed by atoms with Gasteiger partial charge in [-0.1, -0.05) is 11.3 Å². The summed E-state index contributed by atoms with van der Waals surface area (Å²) < 4.78 is 1.47. The van der Waals surface area contributed by atoms with E-state index in [1.807, 2.05) is 0 Å². The zero-order valence-electron chi connectivity index (χ0n) is 8.94. The molecule has 1 N–H and O–H groups in total. The van der Waals surface area contributed by atoms with Gasteiger partial charge in [-0.05, 0) is 23.7 Å². The Bertz CT molecular complexity index is 572. The molecule has 1 unspecified atom stereocenters. The third-order valence-electron chi connectivity index (χ3n) is 3.05. The van der Waals surface area contributed by atoms with E-state index in [1.54, 1.807) is 11.6 Å². The fourth-order valence-corrected chi connectivity index (χ4v) is 2.72. The van der Waals surface area contributed by atoms with Crippen molar-refractivity contribution in [1.29, 1.82) is 0 Å². The van der Waals surface area contributed by atoms with E-state index in [4.69, 9.17) is 0 Å². The third kappa shape index (κ3) is 1.81. The van der Waals surface area contributed by atoms with Gasteiger partial charge in [0, 0.05) is 11.8 Å². The van der Waals surface area contributed by atoms with Gasteiger partial charge in [-0.3, -0.25) is 0 Å². The highest BCUT2D eigenvalue weighted by Gasteiger charge is 2.33. The fraction of sp³-hybridized carbons (Fsp3) is 0.500. The lowest BCUT2D eigenvalue weighted by molar-refractivity contribution is -0.391. The van der Waals surface area contributed by atoms with Crippen molar-refractivity contribution in [2.24, 2.45) is 5.92 Å². The molecule has 0 radical (unpaired) electrons. The van der Waals surface area contributed by atoms with Crippen molar-refractivity contribution in [2.45, 2.75) is 25.4 Å². The first-order valence-corrected chi connectivity index (χ1v) is 6.31. The first-order valence-electron chi connectivity index (χ1n) is 5.43. The zero-order chi connectivity index (χ0) is 12.0. The lowest BCUT2D eigenvalue weighted by Gasteiger charge is -2.05. The second-order valence-corrected chi connectivity index (χ2v) is 5.18. The van der Waals surface area contributed by atoms with E-state index in [0.717, 1.165) is 12.8 Å². The van der Waals surface area contributed by atoms with Crippen molar-refractivity contribution >= 4 is 22.1 Å². The van der Waals surface area contributed by atoms with Crippen LogP contribution in [-0.2, 0) is 6.42 Å². The third-order valence-corrected chi connectivity index (χ3v) is 3.80. The molecule has 6 nitrogen and oxygen atoms in total. The van der Waals surface area contributed by atoms with E-state index in [1.165, 1.54) is 15.7 Å². The molecule has 0 spiro atoms. The largest absolute Gasteiger partial charge is 0.392 e. The summed E-state index contributed by atoms with van der Waals surface area (Å²) >= 11 is 1.36. The van der Waals surface area contributed by atoms with Crippen LogP contribution in [0.2, 0.25) is 0 Å². The van der Waals surface area contributed by atoms with Crippen LogP contribution >= 0.6 is 11.3 Å². The molecule has 2 aromatic heterocycles. The predicted octanol–water partition coefficient (Wildman–Crippen LogP) is 1.62. The van der Waals surface area contributed by atoms with Gasteiger partial charge in [0.25, 0.3) is 4.96 Å². The lowest BCUT2D eigenvalue weighted by Crippen LogP contribution is -2.14. The van der Waals surface area contributed by atoms with E-state index < -0.39 is 11.0 Å². The second kappa shape index (κ2) is 3.78. The summed E-state index contributed by atoms with van der Waals surface area (Å²) in [4.78, 5) is 15.4. The van der Waals surface area contributed by atoms with Crippen LogP contribution in [0.5, 0.6) is 0 Å². The van der Waals surface area contributed by atoms with E-state index in [0.29, 0.717) is 16.6 Å². The molecule has 7 heteroatoms. The first-order chi connectivity index (χ1) is 8.16. The summed E-state index contributed by atoms with van der Waals surface area (Å²) in [6.07, 6.45) is 3.43. The number of aliphatic hydroxyl groups is 1. The van der Waals surface area contributed by atoms with Crippen molar-refractivity contribution in [3.63, 3.8) is 0 Å². The Morgan fingerprint density at radius 1 is 1.71 bits per heavy atom.